The molecule has 17 heavy (non-hydrogen) atoms. The summed E-state index contributed by atoms with van der Waals surface area (Å²) in [5.41, 5.74) is 0. The molecule has 96 valence electrons. The van der Waals surface area contributed by atoms with E-state index in [4.69, 9.17) is 0 Å². The van der Waals surface area contributed by atoms with Crippen molar-refractivity contribution in [2.45, 2.75) is 16.2 Å². The maximum Gasteiger partial charge on any atom is 0.178 e. The zero-order valence-corrected chi connectivity index (χ0v) is 12.5. The quantitative estimate of drug-likeness (QED) is 0.764. The number of alkyl halides is 1. The molecule has 0 unspecified atom stereocenters. The van der Waals surface area contributed by atoms with E-state index in [9.17, 15) is 16.8 Å². The van der Waals surface area contributed by atoms with Crippen molar-refractivity contribution < 1.29 is 16.8 Å². The topological polar surface area (TPSA) is 68.3 Å². The normalized spacial score (nSPS) is 12.6. The van der Waals surface area contributed by atoms with Gasteiger partial charge >= 0.3 is 0 Å². The van der Waals surface area contributed by atoms with Gasteiger partial charge in [-0.3, -0.25) is 0 Å². The Hall–Kier alpha value is -0.400. The summed E-state index contributed by atoms with van der Waals surface area (Å²) in [6.45, 7) is 0. The van der Waals surface area contributed by atoms with Crippen LogP contribution in [0.15, 0.2) is 34.1 Å². The Morgan fingerprint density at radius 2 is 1.47 bits per heavy atom. The van der Waals surface area contributed by atoms with E-state index in [1.54, 1.807) is 0 Å². The summed E-state index contributed by atoms with van der Waals surface area (Å²) in [6, 6.07) is 5.30. The third kappa shape index (κ3) is 4.08. The zero-order chi connectivity index (χ0) is 13.1. The lowest BCUT2D eigenvalue weighted by Crippen LogP contribution is -2.07. The first kappa shape index (κ1) is 14.7. The summed E-state index contributed by atoms with van der Waals surface area (Å²) in [5, 5.41) is 0.619. The fourth-order valence-corrected chi connectivity index (χ4v) is 3.85. The zero-order valence-electron chi connectivity index (χ0n) is 9.26. The largest absolute Gasteiger partial charge is 0.224 e. The SMILES string of the molecule is CS(=O)(=O)c1ccc(S(=O)(=O)CCCBr)cc1. The Morgan fingerprint density at radius 1 is 1.00 bits per heavy atom. The molecule has 0 fully saturated rings. The number of hydrogen-bond donors (Lipinski definition) is 0. The standard InChI is InChI=1S/C10H13BrO4S2/c1-16(12,13)9-3-5-10(6-4-9)17(14,15)8-2-7-11/h3-6H,2,7-8H2,1H3. The van der Waals surface area contributed by atoms with E-state index < -0.39 is 19.7 Å². The predicted molar refractivity (Wildman–Crippen MR) is 70.0 cm³/mol. The molecule has 0 amide bonds. The first-order chi connectivity index (χ1) is 7.77. The van der Waals surface area contributed by atoms with Crippen LogP contribution in [0.5, 0.6) is 0 Å². The third-order valence-electron chi connectivity index (χ3n) is 2.16. The molecule has 4 nitrogen and oxygen atoms in total. The molecule has 0 aromatic heterocycles. The minimum absolute atomic E-state index is 0.0521. The van der Waals surface area contributed by atoms with Gasteiger partial charge in [0.05, 0.1) is 15.5 Å². The molecule has 0 atom stereocenters. The van der Waals surface area contributed by atoms with Gasteiger partial charge in [-0.1, -0.05) is 15.9 Å². The van der Waals surface area contributed by atoms with E-state index in [2.05, 4.69) is 15.9 Å². The molecule has 0 bridgehead atoms. The second-order valence-electron chi connectivity index (χ2n) is 3.60. The van der Waals surface area contributed by atoms with Crippen LogP contribution >= 0.6 is 15.9 Å². The van der Waals surface area contributed by atoms with Crippen LogP contribution < -0.4 is 0 Å². The van der Waals surface area contributed by atoms with Crippen molar-refractivity contribution in [3.63, 3.8) is 0 Å². The Balaban J connectivity index is 3.03. The van der Waals surface area contributed by atoms with Crippen LogP contribution in [0.25, 0.3) is 0 Å². The minimum Gasteiger partial charge on any atom is -0.224 e. The van der Waals surface area contributed by atoms with Crippen molar-refractivity contribution in [3.8, 4) is 0 Å². The lowest BCUT2D eigenvalue weighted by Gasteiger charge is -2.04. The smallest absolute Gasteiger partial charge is 0.178 e. The van der Waals surface area contributed by atoms with E-state index >= 15 is 0 Å². The molecule has 0 spiro atoms. The summed E-state index contributed by atoms with van der Waals surface area (Å²) in [6.07, 6.45) is 1.61. The molecule has 0 saturated heterocycles. The van der Waals surface area contributed by atoms with Crippen molar-refractivity contribution in [3.05, 3.63) is 24.3 Å². The van der Waals surface area contributed by atoms with Gasteiger partial charge in [-0.25, -0.2) is 16.8 Å². The van der Waals surface area contributed by atoms with E-state index in [1.165, 1.54) is 24.3 Å². The first-order valence-corrected chi connectivity index (χ1v) is 9.53. The molecule has 0 aliphatic rings. The molecule has 7 heteroatoms. The summed E-state index contributed by atoms with van der Waals surface area (Å²) in [5.74, 6) is 0.0521. The Morgan fingerprint density at radius 3 is 1.88 bits per heavy atom. The molecular formula is C10H13BrO4S2. The lowest BCUT2D eigenvalue weighted by molar-refractivity contribution is 0.593. The Bertz CT molecular complexity index is 573. The molecule has 0 aliphatic heterocycles. The molecule has 0 heterocycles. The average Bonchev–Trinajstić information content (AvgIpc) is 2.25. The highest BCUT2D eigenvalue weighted by atomic mass is 79.9. The van der Waals surface area contributed by atoms with Crippen molar-refractivity contribution in [2.75, 3.05) is 17.3 Å². The molecule has 0 radical (unpaired) electrons. The second-order valence-corrected chi connectivity index (χ2v) is 8.52. The van der Waals surface area contributed by atoms with Gasteiger partial charge in [0, 0.05) is 11.6 Å². The summed E-state index contributed by atoms with van der Waals surface area (Å²) in [7, 11) is -6.59. The molecule has 0 aliphatic carbocycles. The summed E-state index contributed by atoms with van der Waals surface area (Å²) in [4.78, 5) is 0.280. The van der Waals surface area contributed by atoms with Crippen molar-refractivity contribution in [2.24, 2.45) is 0 Å². The van der Waals surface area contributed by atoms with E-state index in [-0.39, 0.29) is 15.5 Å². The summed E-state index contributed by atoms with van der Waals surface area (Å²) < 4.78 is 46.0. The van der Waals surface area contributed by atoms with Crippen LogP contribution in [0, 0.1) is 0 Å². The molecule has 1 rings (SSSR count). The monoisotopic (exact) mass is 340 g/mol. The summed E-state index contributed by atoms with van der Waals surface area (Å²) >= 11 is 3.17. The first-order valence-electron chi connectivity index (χ1n) is 4.86. The fraction of sp³-hybridized carbons (Fsp3) is 0.400. The molecular weight excluding hydrogens is 328 g/mol. The van der Waals surface area contributed by atoms with E-state index in [1.807, 2.05) is 0 Å². The highest BCUT2D eigenvalue weighted by Crippen LogP contribution is 2.16. The van der Waals surface area contributed by atoms with Crippen molar-refractivity contribution in [1.29, 1.82) is 0 Å². The van der Waals surface area contributed by atoms with E-state index in [0.717, 1.165) is 6.26 Å². The number of rotatable bonds is 5. The Labute approximate surface area is 110 Å². The van der Waals surface area contributed by atoms with Crippen LogP contribution in [0.1, 0.15) is 6.42 Å². The minimum atomic E-state index is -3.31. The van der Waals surface area contributed by atoms with Gasteiger partial charge in [0.25, 0.3) is 0 Å². The predicted octanol–water partition coefficient (Wildman–Crippen LogP) is 1.65. The van der Waals surface area contributed by atoms with Gasteiger partial charge in [-0.15, -0.1) is 0 Å². The maximum atomic E-state index is 11.8. The van der Waals surface area contributed by atoms with Gasteiger partial charge in [-0.2, -0.15) is 0 Å². The van der Waals surface area contributed by atoms with Crippen molar-refractivity contribution in [1.82, 2.24) is 0 Å². The van der Waals surface area contributed by atoms with Crippen LogP contribution in [0.3, 0.4) is 0 Å². The van der Waals surface area contributed by atoms with E-state index in [0.29, 0.717) is 11.8 Å². The Kier molecular flexibility index (Phi) is 4.74. The molecule has 0 N–H and O–H groups in total. The highest BCUT2D eigenvalue weighted by Gasteiger charge is 2.15. The van der Waals surface area contributed by atoms with Crippen molar-refractivity contribution >= 4 is 35.6 Å². The number of halogens is 1. The maximum absolute atomic E-state index is 11.8. The number of hydrogen-bond acceptors (Lipinski definition) is 4. The van der Waals surface area contributed by atoms with Gasteiger partial charge in [0.1, 0.15) is 0 Å². The van der Waals surface area contributed by atoms with Crippen LogP contribution in [0.4, 0.5) is 0 Å². The van der Waals surface area contributed by atoms with Crippen LogP contribution in [-0.4, -0.2) is 34.2 Å². The van der Waals surface area contributed by atoms with Gasteiger partial charge < -0.3 is 0 Å². The average molecular weight is 341 g/mol. The molecule has 0 saturated carbocycles. The second kappa shape index (κ2) is 5.49. The highest BCUT2D eigenvalue weighted by molar-refractivity contribution is 9.09. The van der Waals surface area contributed by atoms with Crippen LogP contribution in [-0.2, 0) is 19.7 Å². The molecule has 1 aromatic carbocycles. The third-order valence-corrected chi connectivity index (χ3v) is 5.66. The van der Waals surface area contributed by atoms with Gasteiger partial charge in [0.2, 0.25) is 0 Å². The molecule has 1 aromatic rings. The van der Waals surface area contributed by atoms with Gasteiger partial charge in [-0.05, 0) is 30.7 Å². The number of benzene rings is 1. The number of sulfone groups is 2. The fourth-order valence-electron chi connectivity index (χ4n) is 1.26. The van der Waals surface area contributed by atoms with Crippen LogP contribution in [0.2, 0.25) is 0 Å². The lowest BCUT2D eigenvalue weighted by atomic mass is 10.4. The van der Waals surface area contributed by atoms with Gasteiger partial charge in [0.15, 0.2) is 19.7 Å².